The average molecular weight is 132 g/mol. The Hall–Kier alpha value is -0.915. The molecule has 51 valence electrons. The Morgan fingerprint density at radius 2 is 1.60 bits per heavy atom. The monoisotopic (exact) mass is 132 g/mol. The normalized spacial score (nSPS) is 9.40. The van der Waals surface area contributed by atoms with E-state index in [2.05, 4.69) is 24.9 Å². The largest absolute Gasteiger partial charge is 0.378 e. The van der Waals surface area contributed by atoms with Crippen LogP contribution >= 0.6 is 0 Å². The van der Waals surface area contributed by atoms with E-state index in [0.29, 0.717) is 0 Å². The van der Waals surface area contributed by atoms with Crippen molar-refractivity contribution in [2.45, 2.75) is 0 Å². The summed E-state index contributed by atoms with van der Waals surface area (Å²) in [7, 11) is 7.85. The second-order valence-corrected chi connectivity index (χ2v) is 2.56. The van der Waals surface area contributed by atoms with Gasteiger partial charge in [-0.25, -0.2) is 0 Å². The third kappa shape index (κ3) is 1.53. The first-order valence-electron chi connectivity index (χ1n) is 3.29. The first-order chi connectivity index (χ1) is 4.70. The topological polar surface area (TPSA) is 3.24 Å². The molecule has 0 spiro atoms. The SMILES string of the molecule is [BH]c1ccc(N(C)C)cc1. The van der Waals surface area contributed by atoms with Crippen molar-refractivity contribution in [1.29, 1.82) is 0 Å². The van der Waals surface area contributed by atoms with Crippen LogP contribution in [0.1, 0.15) is 0 Å². The van der Waals surface area contributed by atoms with Crippen molar-refractivity contribution < 1.29 is 0 Å². The molecule has 1 aromatic carbocycles. The summed E-state index contributed by atoms with van der Waals surface area (Å²) < 4.78 is 0. The molecule has 0 aliphatic carbocycles. The van der Waals surface area contributed by atoms with Gasteiger partial charge in [0.15, 0.2) is 0 Å². The maximum Gasteiger partial charge on any atom is 0.129 e. The molecule has 2 heteroatoms. The minimum Gasteiger partial charge on any atom is -0.378 e. The molecule has 1 rings (SSSR count). The molecule has 0 aliphatic rings. The van der Waals surface area contributed by atoms with Crippen molar-refractivity contribution in [3.63, 3.8) is 0 Å². The van der Waals surface area contributed by atoms with Crippen LogP contribution in [-0.2, 0) is 0 Å². The molecule has 0 heterocycles. The van der Waals surface area contributed by atoms with Crippen molar-refractivity contribution in [3.05, 3.63) is 24.3 Å². The second-order valence-electron chi connectivity index (χ2n) is 2.56. The molecule has 0 saturated carbocycles. The minimum atomic E-state index is 1.06. The summed E-state index contributed by atoms with van der Waals surface area (Å²) in [6.45, 7) is 0. The lowest BCUT2D eigenvalue weighted by molar-refractivity contribution is 1.13. The van der Waals surface area contributed by atoms with Crippen LogP contribution in [0.5, 0.6) is 0 Å². The van der Waals surface area contributed by atoms with Gasteiger partial charge in [0.1, 0.15) is 7.85 Å². The van der Waals surface area contributed by atoms with E-state index in [-0.39, 0.29) is 0 Å². The molecule has 0 bridgehead atoms. The van der Waals surface area contributed by atoms with Crippen molar-refractivity contribution >= 4 is 19.0 Å². The Labute approximate surface area is 63.1 Å². The second kappa shape index (κ2) is 2.78. The number of benzene rings is 1. The highest BCUT2D eigenvalue weighted by molar-refractivity contribution is 6.32. The zero-order valence-electron chi connectivity index (χ0n) is 6.46. The quantitative estimate of drug-likeness (QED) is 0.496. The molecule has 0 aromatic heterocycles. The highest BCUT2D eigenvalue weighted by Crippen LogP contribution is 2.06. The zero-order valence-corrected chi connectivity index (χ0v) is 6.46. The van der Waals surface area contributed by atoms with E-state index in [1.54, 1.807) is 0 Å². The number of hydrogen-bond acceptors (Lipinski definition) is 1. The van der Waals surface area contributed by atoms with E-state index < -0.39 is 0 Å². The van der Waals surface area contributed by atoms with E-state index >= 15 is 0 Å². The molecule has 0 N–H and O–H groups in total. The fourth-order valence-corrected chi connectivity index (χ4v) is 0.794. The average Bonchev–Trinajstić information content (AvgIpc) is 1.88. The van der Waals surface area contributed by atoms with E-state index in [0.717, 1.165) is 5.46 Å². The zero-order chi connectivity index (χ0) is 7.56. The molecule has 1 nitrogen and oxygen atoms in total. The molecule has 0 fully saturated rings. The highest BCUT2D eigenvalue weighted by atomic mass is 15.1. The van der Waals surface area contributed by atoms with Gasteiger partial charge in [0.25, 0.3) is 0 Å². The predicted octanol–water partition coefficient (Wildman–Crippen LogP) is 0.279. The lowest BCUT2D eigenvalue weighted by Gasteiger charge is -2.11. The van der Waals surface area contributed by atoms with Gasteiger partial charge in [-0.2, -0.15) is 0 Å². The first kappa shape index (κ1) is 7.20. The third-order valence-electron chi connectivity index (χ3n) is 1.45. The van der Waals surface area contributed by atoms with Crippen LogP contribution in [0, 0.1) is 0 Å². The molecule has 10 heavy (non-hydrogen) atoms. The standard InChI is InChI=1S/C8H11BN/c1-10(2)8-5-3-7(9)4-6-8/h3-6,9H,1-2H3. The lowest BCUT2D eigenvalue weighted by Crippen LogP contribution is -2.10. The maximum absolute atomic E-state index is 3.80. The van der Waals surface area contributed by atoms with Crippen LogP contribution in [0.4, 0.5) is 5.69 Å². The Balaban J connectivity index is 2.89. The van der Waals surface area contributed by atoms with Gasteiger partial charge in [-0.3, -0.25) is 0 Å². The summed E-state index contributed by atoms with van der Waals surface area (Å²) in [5.74, 6) is 0. The van der Waals surface area contributed by atoms with Crippen molar-refractivity contribution in [2.24, 2.45) is 0 Å². The molecular weight excluding hydrogens is 121 g/mol. The lowest BCUT2D eigenvalue weighted by atomic mass is 9.96. The molecule has 1 radical (unpaired) electrons. The Morgan fingerprint density at radius 1 is 1.10 bits per heavy atom. The van der Waals surface area contributed by atoms with E-state index in [4.69, 9.17) is 0 Å². The first-order valence-corrected chi connectivity index (χ1v) is 3.29. The van der Waals surface area contributed by atoms with Crippen LogP contribution in [0.3, 0.4) is 0 Å². The molecular formula is C8H11BN. The van der Waals surface area contributed by atoms with E-state index in [9.17, 15) is 0 Å². The molecule has 0 unspecified atom stereocenters. The highest BCUT2D eigenvalue weighted by Gasteiger charge is 1.90. The molecule has 0 aliphatic heterocycles. The number of anilines is 1. The van der Waals surface area contributed by atoms with Gasteiger partial charge in [0.05, 0.1) is 0 Å². The predicted molar refractivity (Wildman–Crippen MR) is 47.6 cm³/mol. The molecule has 1 aromatic rings. The van der Waals surface area contributed by atoms with E-state index in [1.807, 2.05) is 26.2 Å². The van der Waals surface area contributed by atoms with Crippen LogP contribution in [0.2, 0.25) is 0 Å². The van der Waals surface area contributed by atoms with Crippen molar-refractivity contribution in [2.75, 3.05) is 19.0 Å². The van der Waals surface area contributed by atoms with Crippen LogP contribution in [-0.4, -0.2) is 21.9 Å². The van der Waals surface area contributed by atoms with Gasteiger partial charge >= 0.3 is 0 Å². The van der Waals surface area contributed by atoms with Gasteiger partial charge in [-0.05, 0) is 12.1 Å². The van der Waals surface area contributed by atoms with Gasteiger partial charge in [-0.15, -0.1) is 0 Å². The Bertz CT molecular complexity index is 203. The Kier molecular flexibility index (Phi) is 2.00. The number of nitrogens with zero attached hydrogens (tertiary/aromatic N) is 1. The fourth-order valence-electron chi connectivity index (χ4n) is 0.794. The summed E-state index contributed by atoms with van der Waals surface area (Å²) in [4.78, 5) is 2.07. The summed E-state index contributed by atoms with van der Waals surface area (Å²) in [5, 5.41) is 0. The summed E-state index contributed by atoms with van der Waals surface area (Å²) in [5.41, 5.74) is 2.28. The third-order valence-corrected chi connectivity index (χ3v) is 1.45. The van der Waals surface area contributed by atoms with Gasteiger partial charge < -0.3 is 4.90 Å². The van der Waals surface area contributed by atoms with E-state index in [1.165, 1.54) is 5.69 Å². The smallest absolute Gasteiger partial charge is 0.129 e. The number of hydrogen-bond donors (Lipinski definition) is 0. The van der Waals surface area contributed by atoms with Crippen LogP contribution in [0.25, 0.3) is 0 Å². The molecule has 0 amide bonds. The Morgan fingerprint density at radius 3 is 2.00 bits per heavy atom. The summed E-state index contributed by atoms with van der Waals surface area (Å²) in [6, 6.07) is 8.13. The molecule has 0 saturated heterocycles. The van der Waals surface area contributed by atoms with Crippen molar-refractivity contribution in [1.82, 2.24) is 0 Å². The fraction of sp³-hybridized carbons (Fsp3) is 0.250. The minimum absolute atomic E-state index is 1.06. The van der Waals surface area contributed by atoms with Gasteiger partial charge in [-0.1, -0.05) is 17.6 Å². The summed E-state index contributed by atoms with van der Waals surface area (Å²) >= 11 is 0. The molecule has 0 atom stereocenters. The summed E-state index contributed by atoms with van der Waals surface area (Å²) in [6.07, 6.45) is 0. The maximum atomic E-state index is 3.80. The van der Waals surface area contributed by atoms with Crippen LogP contribution < -0.4 is 10.4 Å². The van der Waals surface area contributed by atoms with Gasteiger partial charge in [0.2, 0.25) is 0 Å². The van der Waals surface area contributed by atoms with Crippen molar-refractivity contribution in [3.8, 4) is 0 Å². The number of rotatable bonds is 1. The van der Waals surface area contributed by atoms with Crippen LogP contribution in [0.15, 0.2) is 24.3 Å². The van der Waals surface area contributed by atoms with Gasteiger partial charge in [0, 0.05) is 19.8 Å².